The van der Waals surface area contributed by atoms with E-state index >= 15 is 0 Å². The van der Waals surface area contributed by atoms with Gasteiger partial charge >= 0.3 is 0 Å². The summed E-state index contributed by atoms with van der Waals surface area (Å²) in [6, 6.07) is 15.6. The Morgan fingerprint density at radius 2 is 1.95 bits per heavy atom. The van der Waals surface area contributed by atoms with Gasteiger partial charge in [0.15, 0.2) is 0 Å². The number of benzene rings is 2. The predicted octanol–water partition coefficient (Wildman–Crippen LogP) is 4.76. The van der Waals surface area contributed by atoms with E-state index in [0.717, 1.165) is 21.5 Å². The molecule has 2 aromatic carbocycles. The van der Waals surface area contributed by atoms with Gasteiger partial charge in [0.2, 0.25) is 0 Å². The second-order valence-electron chi connectivity index (χ2n) is 3.88. The average molecular weight is 316 g/mol. The van der Waals surface area contributed by atoms with Crippen molar-refractivity contribution in [3.8, 4) is 5.75 Å². The fourth-order valence-electron chi connectivity index (χ4n) is 1.56. The van der Waals surface area contributed by atoms with Crippen molar-refractivity contribution in [1.29, 1.82) is 0 Å². The molecule has 19 heavy (non-hydrogen) atoms. The van der Waals surface area contributed by atoms with E-state index in [0.29, 0.717) is 6.61 Å². The Bertz CT molecular complexity index is 579. The van der Waals surface area contributed by atoms with Gasteiger partial charge in [0.1, 0.15) is 12.4 Å². The molecule has 0 radical (unpaired) electrons. The molecule has 0 bridgehead atoms. The number of ether oxygens (including phenoxy) is 1. The summed E-state index contributed by atoms with van der Waals surface area (Å²) in [5, 5.41) is 0. The van der Waals surface area contributed by atoms with Crippen LogP contribution in [0, 0.1) is 0 Å². The summed E-state index contributed by atoms with van der Waals surface area (Å²) in [4.78, 5) is 4.43. The first-order chi connectivity index (χ1) is 9.29. The molecule has 0 aliphatic heterocycles. The highest BCUT2D eigenvalue weighted by atomic mass is 79.9. The number of aliphatic imine (C=N–C) groups is 1. The molecule has 2 aromatic rings. The van der Waals surface area contributed by atoms with Gasteiger partial charge in [-0.15, -0.1) is 0 Å². The van der Waals surface area contributed by atoms with Crippen LogP contribution in [0.3, 0.4) is 0 Å². The third-order valence-corrected chi connectivity index (χ3v) is 2.93. The van der Waals surface area contributed by atoms with Crippen LogP contribution in [0.4, 0.5) is 5.69 Å². The lowest BCUT2D eigenvalue weighted by molar-refractivity contribution is 0.362. The third kappa shape index (κ3) is 4.07. The first kappa shape index (κ1) is 13.6. The van der Waals surface area contributed by atoms with Crippen LogP contribution in [-0.2, 0) is 0 Å². The summed E-state index contributed by atoms with van der Waals surface area (Å²) < 4.78 is 6.59. The van der Waals surface area contributed by atoms with Gasteiger partial charge in [0.25, 0.3) is 0 Å². The van der Waals surface area contributed by atoms with E-state index < -0.39 is 0 Å². The fraction of sp³-hybridized carbons (Fsp3) is 0.0625. The van der Waals surface area contributed by atoms with Gasteiger partial charge in [-0.3, -0.25) is 4.99 Å². The summed E-state index contributed by atoms with van der Waals surface area (Å²) >= 11 is 3.45. The Kier molecular flexibility index (Phi) is 4.93. The molecule has 0 saturated heterocycles. The Labute approximate surface area is 121 Å². The lowest BCUT2D eigenvalue weighted by atomic mass is 10.2. The summed E-state index contributed by atoms with van der Waals surface area (Å²) in [5.74, 6) is 0.794. The molecule has 0 spiro atoms. The van der Waals surface area contributed by atoms with Crippen LogP contribution in [0.25, 0.3) is 0 Å². The second-order valence-corrected chi connectivity index (χ2v) is 4.79. The van der Waals surface area contributed by atoms with Gasteiger partial charge in [-0.1, -0.05) is 46.8 Å². The largest absolute Gasteiger partial charge is 0.489 e. The number of rotatable bonds is 5. The van der Waals surface area contributed by atoms with E-state index in [1.807, 2.05) is 48.5 Å². The number of hydrogen-bond acceptors (Lipinski definition) is 2. The zero-order valence-electron chi connectivity index (χ0n) is 10.4. The van der Waals surface area contributed by atoms with Crippen molar-refractivity contribution in [3.05, 3.63) is 71.2 Å². The maximum atomic E-state index is 5.60. The van der Waals surface area contributed by atoms with Gasteiger partial charge in [-0.05, 0) is 30.3 Å². The molecule has 0 unspecified atom stereocenters. The molecule has 0 fully saturated rings. The summed E-state index contributed by atoms with van der Waals surface area (Å²) in [5.41, 5.74) is 1.84. The summed E-state index contributed by atoms with van der Waals surface area (Å²) in [7, 11) is 0. The minimum Gasteiger partial charge on any atom is -0.489 e. The van der Waals surface area contributed by atoms with E-state index in [1.54, 1.807) is 12.3 Å². The topological polar surface area (TPSA) is 21.6 Å². The van der Waals surface area contributed by atoms with Crippen LogP contribution >= 0.6 is 15.9 Å². The molecular weight excluding hydrogens is 302 g/mol. The van der Waals surface area contributed by atoms with E-state index in [9.17, 15) is 0 Å². The molecule has 0 atom stereocenters. The van der Waals surface area contributed by atoms with Crippen molar-refractivity contribution in [2.75, 3.05) is 6.61 Å². The lowest BCUT2D eigenvalue weighted by Crippen LogP contribution is -1.96. The maximum absolute atomic E-state index is 5.60. The lowest BCUT2D eigenvalue weighted by Gasteiger charge is -2.07. The maximum Gasteiger partial charge on any atom is 0.128 e. The molecule has 0 heterocycles. The molecule has 96 valence electrons. The van der Waals surface area contributed by atoms with Crippen molar-refractivity contribution in [1.82, 2.24) is 0 Å². The first-order valence-electron chi connectivity index (χ1n) is 5.92. The van der Waals surface area contributed by atoms with Crippen LogP contribution in [0.2, 0.25) is 0 Å². The van der Waals surface area contributed by atoms with E-state index in [2.05, 4.69) is 27.5 Å². The quantitative estimate of drug-likeness (QED) is 0.575. The molecule has 0 aliphatic carbocycles. The summed E-state index contributed by atoms with van der Waals surface area (Å²) in [6.07, 6.45) is 3.53. The molecule has 2 rings (SSSR count). The zero-order chi connectivity index (χ0) is 13.5. The second kappa shape index (κ2) is 6.90. The smallest absolute Gasteiger partial charge is 0.128 e. The normalized spacial score (nSPS) is 10.6. The van der Waals surface area contributed by atoms with Crippen LogP contribution < -0.4 is 4.74 Å². The highest BCUT2D eigenvalue weighted by Gasteiger charge is 2.01. The van der Waals surface area contributed by atoms with Crippen LogP contribution in [-0.4, -0.2) is 12.8 Å². The molecule has 3 heteroatoms. The molecule has 0 saturated carbocycles. The molecule has 0 amide bonds. The third-order valence-electron chi connectivity index (χ3n) is 2.44. The van der Waals surface area contributed by atoms with Gasteiger partial charge in [0, 0.05) is 16.3 Å². The number of para-hydroxylation sites is 1. The monoisotopic (exact) mass is 315 g/mol. The first-order valence-corrected chi connectivity index (χ1v) is 6.71. The van der Waals surface area contributed by atoms with Crippen molar-refractivity contribution in [3.63, 3.8) is 0 Å². The Balaban J connectivity index is 2.25. The standard InChI is InChI=1S/C16H14BrNO/c1-2-10-19-16-9-8-14(17)11-13(16)12-18-15-6-4-3-5-7-15/h2-9,11-12H,1,10H2. The zero-order valence-corrected chi connectivity index (χ0v) is 12.0. The summed E-state index contributed by atoms with van der Waals surface area (Å²) in [6.45, 7) is 4.13. The SMILES string of the molecule is C=CCOc1ccc(Br)cc1C=Nc1ccccc1. The van der Waals surface area contributed by atoms with Crippen molar-refractivity contribution >= 4 is 27.8 Å². The Morgan fingerprint density at radius 1 is 1.16 bits per heavy atom. The van der Waals surface area contributed by atoms with Gasteiger partial charge in [0.05, 0.1) is 5.69 Å². The number of halogens is 1. The number of hydrogen-bond donors (Lipinski definition) is 0. The Hall–Kier alpha value is -1.87. The highest BCUT2D eigenvalue weighted by Crippen LogP contribution is 2.22. The van der Waals surface area contributed by atoms with Crippen molar-refractivity contribution in [2.24, 2.45) is 4.99 Å². The van der Waals surface area contributed by atoms with Gasteiger partial charge < -0.3 is 4.74 Å². The highest BCUT2D eigenvalue weighted by molar-refractivity contribution is 9.10. The van der Waals surface area contributed by atoms with E-state index in [4.69, 9.17) is 4.74 Å². The van der Waals surface area contributed by atoms with Gasteiger partial charge in [-0.25, -0.2) is 0 Å². The minimum atomic E-state index is 0.480. The van der Waals surface area contributed by atoms with Crippen molar-refractivity contribution in [2.45, 2.75) is 0 Å². The molecular formula is C16H14BrNO. The molecule has 0 aromatic heterocycles. The molecule has 0 N–H and O–H groups in total. The van der Waals surface area contributed by atoms with E-state index in [1.165, 1.54) is 0 Å². The molecule has 2 nitrogen and oxygen atoms in total. The van der Waals surface area contributed by atoms with E-state index in [-0.39, 0.29) is 0 Å². The average Bonchev–Trinajstić information content (AvgIpc) is 2.45. The van der Waals surface area contributed by atoms with Crippen LogP contribution in [0.5, 0.6) is 5.75 Å². The van der Waals surface area contributed by atoms with Crippen LogP contribution in [0.15, 0.2) is 70.7 Å². The van der Waals surface area contributed by atoms with Crippen LogP contribution in [0.1, 0.15) is 5.56 Å². The van der Waals surface area contributed by atoms with Crippen molar-refractivity contribution < 1.29 is 4.74 Å². The van der Waals surface area contributed by atoms with Gasteiger partial charge in [-0.2, -0.15) is 0 Å². The predicted molar refractivity (Wildman–Crippen MR) is 83.5 cm³/mol. The fourth-order valence-corrected chi connectivity index (χ4v) is 1.94. The molecule has 0 aliphatic rings. The Morgan fingerprint density at radius 3 is 2.68 bits per heavy atom. The number of nitrogens with zero attached hydrogens (tertiary/aromatic N) is 1. The minimum absolute atomic E-state index is 0.480.